The SMILES string of the molecule is CC/C=C\C/C=C\C/C=C\C/C=C\CCCCCCCCCCC(=O)OC(COC(=O)CC)COP(=O)(O)OCC(O)CO. The van der Waals surface area contributed by atoms with Gasteiger partial charge in [0, 0.05) is 12.8 Å². The van der Waals surface area contributed by atoms with Crippen molar-refractivity contribution in [2.24, 2.45) is 0 Å². The zero-order chi connectivity index (χ0) is 32.7. The number of rotatable bonds is 29. The Kier molecular flexibility index (Phi) is 28.2. The standard InChI is InChI=1S/C33H57O10P/c1-3-5-6-7-8-9-10-11-12-13-14-15-16-17-18-19-20-21-22-23-24-25-33(37)43-31(28-40-32(36)4-2)29-42-44(38,39)41-27-30(35)26-34/h5-6,8-9,11-12,14-15,30-31,34-35H,3-4,7,10,13,16-29H2,1-2H3,(H,38,39)/b6-5-,9-8-,12-11-,15-14-. The summed E-state index contributed by atoms with van der Waals surface area (Å²) >= 11 is 0. The molecule has 10 nitrogen and oxygen atoms in total. The van der Waals surface area contributed by atoms with Crippen molar-refractivity contribution in [3.05, 3.63) is 48.6 Å². The molecule has 3 atom stereocenters. The van der Waals surface area contributed by atoms with Crippen molar-refractivity contribution in [1.29, 1.82) is 0 Å². The van der Waals surface area contributed by atoms with Gasteiger partial charge in [-0.3, -0.25) is 18.6 Å². The monoisotopic (exact) mass is 644 g/mol. The van der Waals surface area contributed by atoms with Crippen molar-refractivity contribution >= 4 is 19.8 Å². The van der Waals surface area contributed by atoms with E-state index >= 15 is 0 Å². The first-order chi connectivity index (χ1) is 21.2. The van der Waals surface area contributed by atoms with E-state index in [0.29, 0.717) is 6.42 Å². The van der Waals surface area contributed by atoms with E-state index in [1.807, 2.05) is 0 Å². The van der Waals surface area contributed by atoms with Gasteiger partial charge in [0.15, 0.2) is 6.10 Å². The summed E-state index contributed by atoms with van der Waals surface area (Å²) in [6.07, 6.45) is 29.2. The van der Waals surface area contributed by atoms with Gasteiger partial charge in [0.25, 0.3) is 0 Å². The number of ether oxygens (including phenoxy) is 2. The second kappa shape index (κ2) is 29.6. The normalized spacial score (nSPS) is 14.9. The minimum absolute atomic E-state index is 0.119. The maximum Gasteiger partial charge on any atom is 0.472 e. The fraction of sp³-hybridized carbons (Fsp3) is 0.697. The maximum atomic E-state index is 12.3. The predicted octanol–water partition coefficient (Wildman–Crippen LogP) is 7.04. The van der Waals surface area contributed by atoms with Crippen LogP contribution in [0.15, 0.2) is 48.6 Å². The number of hydrogen-bond acceptors (Lipinski definition) is 9. The number of carbonyl (C=O) groups is 2. The van der Waals surface area contributed by atoms with Gasteiger partial charge in [-0.2, -0.15) is 0 Å². The summed E-state index contributed by atoms with van der Waals surface area (Å²) in [5, 5.41) is 18.0. The van der Waals surface area contributed by atoms with E-state index in [2.05, 4.69) is 60.1 Å². The summed E-state index contributed by atoms with van der Waals surface area (Å²) in [5.41, 5.74) is 0. The third kappa shape index (κ3) is 28.7. The van der Waals surface area contributed by atoms with Gasteiger partial charge in [0.05, 0.1) is 19.8 Å². The second-order valence-electron chi connectivity index (χ2n) is 10.4. The van der Waals surface area contributed by atoms with Crippen molar-refractivity contribution in [2.75, 3.05) is 26.4 Å². The highest BCUT2D eigenvalue weighted by atomic mass is 31.2. The Morgan fingerprint density at radius 3 is 1.80 bits per heavy atom. The first kappa shape index (κ1) is 41.9. The molecule has 0 aromatic rings. The molecule has 44 heavy (non-hydrogen) atoms. The number of allylic oxidation sites excluding steroid dienone is 8. The van der Waals surface area contributed by atoms with E-state index in [0.717, 1.165) is 51.4 Å². The molecule has 0 heterocycles. The lowest BCUT2D eigenvalue weighted by Crippen LogP contribution is -2.29. The van der Waals surface area contributed by atoms with Crippen LogP contribution in [0.1, 0.15) is 110 Å². The molecule has 0 rings (SSSR count). The minimum atomic E-state index is -4.58. The molecule has 0 aliphatic carbocycles. The summed E-state index contributed by atoms with van der Waals surface area (Å²) in [5.74, 6) is -1.04. The molecular weight excluding hydrogens is 587 g/mol. The molecule has 254 valence electrons. The Hall–Kier alpha value is -2.07. The van der Waals surface area contributed by atoms with Crippen LogP contribution in [0.2, 0.25) is 0 Å². The third-order valence-electron chi connectivity index (χ3n) is 6.30. The number of carbonyl (C=O) groups excluding carboxylic acids is 2. The van der Waals surface area contributed by atoms with Gasteiger partial charge in [0.1, 0.15) is 12.7 Å². The fourth-order valence-corrected chi connectivity index (χ4v) is 4.58. The molecule has 3 N–H and O–H groups in total. The Morgan fingerprint density at radius 1 is 0.705 bits per heavy atom. The molecule has 3 unspecified atom stereocenters. The van der Waals surface area contributed by atoms with E-state index < -0.39 is 51.8 Å². The summed E-state index contributed by atoms with van der Waals surface area (Å²) < 4.78 is 31.7. The molecule has 0 bridgehead atoms. The summed E-state index contributed by atoms with van der Waals surface area (Å²) in [6.45, 7) is 1.59. The summed E-state index contributed by atoms with van der Waals surface area (Å²) in [6, 6.07) is 0. The lowest BCUT2D eigenvalue weighted by molar-refractivity contribution is -0.161. The summed E-state index contributed by atoms with van der Waals surface area (Å²) in [7, 11) is -4.58. The zero-order valence-corrected chi connectivity index (χ0v) is 27.7. The van der Waals surface area contributed by atoms with E-state index in [4.69, 9.17) is 19.1 Å². The highest BCUT2D eigenvalue weighted by molar-refractivity contribution is 7.47. The smallest absolute Gasteiger partial charge is 0.462 e. The van der Waals surface area contributed by atoms with Gasteiger partial charge in [-0.25, -0.2) is 4.57 Å². The fourth-order valence-electron chi connectivity index (χ4n) is 3.79. The lowest BCUT2D eigenvalue weighted by atomic mass is 10.1. The average molecular weight is 645 g/mol. The first-order valence-electron chi connectivity index (χ1n) is 16.1. The molecule has 11 heteroatoms. The van der Waals surface area contributed by atoms with Crippen molar-refractivity contribution in [2.45, 2.75) is 122 Å². The first-order valence-corrected chi connectivity index (χ1v) is 17.6. The van der Waals surface area contributed by atoms with Crippen LogP contribution < -0.4 is 0 Å². The van der Waals surface area contributed by atoms with Crippen molar-refractivity contribution in [3.63, 3.8) is 0 Å². The number of esters is 2. The van der Waals surface area contributed by atoms with E-state index in [1.54, 1.807) is 6.92 Å². The number of aliphatic hydroxyl groups excluding tert-OH is 2. The Balaban J connectivity index is 3.98. The van der Waals surface area contributed by atoms with Gasteiger partial charge in [-0.15, -0.1) is 0 Å². The predicted molar refractivity (Wildman–Crippen MR) is 173 cm³/mol. The van der Waals surface area contributed by atoms with E-state index in [1.165, 1.54) is 25.7 Å². The molecule has 0 radical (unpaired) electrons. The summed E-state index contributed by atoms with van der Waals surface area (Å²) in [4.78, 5) is 33.5. The van der Waals surface area contributed by atoms with Crippen LogP contribution in [0.3, 0.4) is 0 Å². The van der Waals surface area contributed by atoms with E-state index in [-0.39, 0.29) is 19.4 Å². The van der Waals surface area contributed by atoms with Crippen LogP contribution in [0.4, 0.5) is 0 Å². The average Bonchev–Trinajstić information content (AvgIpc) is 3.01. The van der Waals surface area contributed by atoms with Crippen LogP contribution in [-0.2, 0) is 32.7 Å². The maximum absolute atomic E-state index is 12.3. The number of aliphatic hydroxyl groups is 2. The van der Waals surface area contributed by atoms with Crippen LogP contribution >= 0.6 is 7.82 Å². The van der Waals surface area contributed by atoms with Crippen LogP contribution in [0.5, 0.6) is 0 Å². The van der Waals surface area contributed by atoms with Gasteiger partial charge >= 0.3 is 19.8 Å². The van der Waals surface area contributed by atoms with Crippen LogP contribution in [0, 0.1) is 0 Å². The Labute approximate surface area is 264 Å². The largest absolute Gasteiger partial charge is 0.472 e. The van der Waals surface area contributed by atoms with Crippen molar-refractivity contribution in [1.82, 2.24) is 0 Å². The van der Waals surface area contributed by atoms with Gasteiger partial charge in [-0.05, 0) is 44.9 Å². The van der Waals surface area contributed by atoms with E-state index in [9.17, 15) is 24.2 Å². The molecule has 0 spiro atoms. The topological polar surface area (TPSA) is 149 Å². The molecule has 0 amide bonds. The molecule has 0 aromatic heterocycles. The molecule has 0 fully saturated rings. The van der Waals surface area contributed by atoms with Gasteiger partial charge in [0.2, 0.25) is 0 Å². The van der Waals surface area contributed by atoms with Gasteiger partial charge < -0.3 is 24.6 Å². The molecule has 0 aliphatic heterocycles. The van der Waals surface area contributed by atoms with Gasteiger partial charge in [-0.1, -0.05) is 101 Å². The van der Waals surface area contributed by atoms with Crippen LogP contribution in [0.25, 0.3) is 0 Å². The number of phosphoric acid groups is 1. The minimum Gasteiger partial charge on any atom is -0.462 e. The molecule has 0 aromatic carbocycles. The third-order valence-corrected chi connectivity index (χ3v) is 7.25. The van der Waals surface area contributed by atoms with Crippen molar-refractivity contribution < 1.29 is 47.8 Å². The highest BCUT2D eigenvalue weighted by Crippen LogP contribution is 2.43. The molecular formula is C33H57O10P. The second-order valence-corrected chi connectivity index (χ2v) is 11.9. The van der Waals surface area contributed by atoms with Crippen molar-refractivity contribution in [3.8, 4) is 0 Å². The zero-order valence-electron chi connectivity index (χ0n) is 26.9. The highest BCUT2D eigenvalue weighted by Gasteiger charge is 2.27. The molecule has 0 saturated heterocycles. The quantitative estimate of drug-likeness (QED) is 0.0335. The molecule has 0 saturated carbocycles. The Bertz CT molecular complexity index is 884. The Morgan fingerprint density at radius 2 is 1.23 bits per heavy atom. The molecule has 0 aliphatic rings. The number of phosphoric ester groups is 1. The number of unbranched alkanes of at least 4 members (excludes halogenated alkanes) is 8. The lowest BCUT2D eigenvalue weighted by Gasteiger charge is -2.20. The van der Waals surface area contributed by atoms with Crippen LogP contribution in [-0.4, -0.2) is 65.7 Å². The number of hydrogen-bond donors (Lipinski definition) is 3.